The number of carbonyl (C=O) groups is 2. The van der Waals surface area contributed by atoms with E-state index in [0.29, 0.717) is 11.4 Å². The highest BCUT2D eigenvalue weighted by Gasteiger charge is 2.06. The fourth-order valence-electron chi connectivity index (χ4n) is 1.94. The molecule has 130 valence electrons. The maximum Gasteiger partial charge on any atom is 0.331 e. The van der Waals surface area contributed by atoms with Crippen molar-refractivity contribution in [1.82, 2.24) is 0 Å². The van der Waals surface area contributed by atoms with Crippen LogP contribution in [0.4, 0.5) is 5.69 Å². The molecule has 2 aromatic carbocycles. The Kier molecular flexibility index (Phi) is 7.10. The molecule has 5 nitrogen and oxygen atoms in total. The van der Waals surface area contributed by atoms with Crippen LogP contribution >= 0.6 is 11.8 Å². The van der Waals surface area contributed by atoms with Crippen LogP contribution in [0.15, 0.2) is 59.5 Å². The zero-order valence-corrected chi connectivity index (χ0v) is 14.8. The molecular formula is C19H19NO4S. The summed E-state index contributed by atoms with van der Waals surface area (Å²) >= 11 is 1.65. The number of methoxy groups -OCH3 is 1. The fourth-order valence-corrected chi connectivity index (χ4v) is 2.34. The molecule has 0 saturated carbocycles. The number of hydrogen-bond acceptors (Lipinski definition) is 5. The molecule has 1 amide bonds. The van der Waals surface area contributed by atoms with Crippen molar-refractivity contribution in [2.24, 2.45) is 0 Å². The van der Waals surface area contributed by atoms with E-state index in [-0.39, 0.29) is 6.61 Å². The van der Waals surface area contributed by atoms with Crippen LogP contribution in [0, 0.1) is 0 Å². The molecule has 0 aromatic heterocycles. The molecular weight excluding hydrogens is 338 g/mol. The second-order valence-corrected chi connectivity index (χ2v) is 5.87. The van der Waals surface area contributed by atoms with E-state index in [1.807, 2.05) is 30.5 Å². The first-order chi connectivity index (χ1) is 12.1. The molecule has 0 spiro atoms. The highest BCUT2D eigenvalue weighted by Crippen LogP contribution is 2.16. The van der Waals surface area contributed by atoms with Crippen LogP contribution in [0.3, 0.4) is 0 Å². The number of amides is 1. The Morgan fingerprint density at radius 3 is 2.36 bits per heavy atom. The van der Waals surface area contributed by atoms with E-state index in [2.05, 4.69) is 5.32 Å². The van der Waals surface area contributed by atoms with E-state index < -0.39 is 11.9 Å². The predicted octanol–water partition coefficient (Wildman–Crippen LogP) is 3.61. The van der Waals surface area contributed by atoms with Gasteiger partial charge in [-0.05, 0) is 54.3 Å². The number of benzene rings is 2. The lowest BCUT2D eigenvalue weighted by atomic mass is 10.2. The number of carbonyl (C=O) groups excluding carboxylic acids is 2. The minimum atomic E-state index is -0.571. The summed E-state index contributed by atoms with van der Waals surface area (Å²) in [5.41, 5.74) is 1.49. The maximum atomic E-state index is 11.8. The van der Waals surface area contributed by atoms with Crippen molar-refractivity contribution >= 4 is 35.4 Å². The molecule has 0 bridgehead atoms. The highest BCUT2D eigenvalue weighted by atomic mass is 32.2. The topological polar surface area (TPSA) is 64.6 Å². The van der Waals surface area contributed by atoms with Crippen LogP contribution in [-0.2, 0) is 14.3 Å². The highest BCUT2D eigenvalue weighted by molar-refractivity contribution is 7.98. The Balaban J connectivity index is 1.77. The quantitative estimate of drug-likeness (QED) is 0.466. The number of anilines is 1. The zero-order chi connectivity index (χ0) is 18.1. The van der Waals surface area contributed by atoms with E-state index in [1.165, 1.54) is 6.08 Å². The van der Waals surface area contributed by atoms with Gasteiger partial charge in [-0.1, -0.05) is 12.1 Å². The molecule has 1 N–H and O–H groups in total. The lowest BCUT2D eigenvalue weighted by Crippen LogP contribution is -2.20. The minimum absolute atomic E-state index is 0.347. The first-order valence-electron chi connectivity index (χ1n) is 7.53. The molecule has 6 heteroatoms. The fraction of sp³-hybridized carbons (Fsp3) is 0.158. The summed E-state index contributed by atoms with van der Waals surface area (Å²) in [4.78, 5) is 24.6. The number of nitrogens with one attached hydrogen (secondary N) is 1. The molecule has 0 atom stereocenters. The average molecular weight is 357 g/mol. The predicted molar refractivity (Wildman–Crippen MR) is 99.8 cm³/mol. The maximum absolute atomic E-state index is 11.8. The molecule has 0 aliphatic carbocycles. The van der Waals surface area contributed by atoms with Gasteiger partial charge in [-0.15, -0.1) is 11.8 Å². The van der Waals surface area contributed by atoms with Crippen LogP contribution in [0.1, 0.15) is 5.56 Å². The van der Waals surface area contributed by atoms with E-state index in [9.17, 15) is 9.59 Å². The molecule has 0 radical (unpaired) electrons. The molecule has 2 aromatic rings. The van der Waals surface area contributed by atoms with E-state index in [0.717, 1.165) is 10.5 Å². The molecule has 0 saturated heterocycles. The van der Waals surface area contributed by atoms with Gasteiger partial charge >= 0.3 is 5.97 Å². The Labute approximate surface area is 151 Å². The Hall–Kier alpha value is -2.73. The van der Waals surface area contributed by atoms with Crippen molar-refractivity contribution in [3.63, 3.8) is 0 Å². The van der Waals surface area contributed by atoms with Crippen molar-refractivity contribution in [3.8, 4) is 5.75 Å². The van der Waals surface area contributed by atoms with E-state index in [4.69, 9.17) is 9.47 Å². The van der Waals surface area contributed by atoms with Gasteiger partial charge in [-0.25, -0.2) is 4.79 Å². The smallest absolute Gasteiger partial charge is 0.331 e. The lowest BCUT2D eigenvalue weighted by molar-refractivity contribution is -0.142. The zero-order valence-electron chi connectivity index (χ0n) is 14.0. The summed E-state index contributed by atoms with van der Waals surface area (Å²) in [7, 11) is 1.57. The molecule has 0 heterocycles. The van der Waals surface area contributed by atoms with Gasteiger partial charge in [0.05, 0.1) is 7.11 Å². The second-order valence-electron chi connectivity index (χ2n) is 4.99. The first-order valence-corrected chi connectivity index (χ1v) is 8.76. The summed E-state index contributed by atoms with van der Waals surface area (Å²) < 4.78 is 9.96. The van der Waals surface area contributed by atoms with Crippen LogP contribution < -0.4 is 10.1 Å². The average Bonchev–Trinajstić information content (AvgIpc) is 2.65. The standard InChI is InChI=1S/C19H19NO4S/c1-23-16-8-6-15(7-9-16)20-18(21)13-24-19(22)12-5-14-3-10-17(25-2)11-4-14/h3-12H,13H2,1-2H3,(H,20,21)/b12-5+. The molecule has 0 unspecified atom stereocenters. The largest absolute Gasteiger partial charge is 0.497 e. The van der Waals surface area contributed by atoms with Crippen LogP contribution in [-0.4, -0.2) is 31.8 Å². The van der Waals surface area contributed by atoms with E-state index in [1.54, 1.807) is 49.2 Å². The van der Waals surface area contributed by atoms with Gasteiger partial charge in [-0.3, -0.25) is 4.79 Å². The van der Waals surface area contributed by atoms with Gasteiger partial charge in [0, 0.05) is 16.7 Å². The van der Waals surface area contributed by atoms with Crippen LogP contribution in [0.2, 0.25) is 0 Å². The van der Waals surface area contributed by atoms with E-state index >= 15 is 0 Å². The molecule has 0 fully saturated rings. The van der Waals surface area contributed by atoms with Crippen LogP contribution in [0.25, 0.3) is 6.08 Å². The van der Waals surface area contributed by atoms with Gasteiger partial charge in [0.1, 0.15) is 5.75 Å². The number of rotatable bonds is 7. The second kappa shape index (κ2) is 9.54. The van der Waals surface area contributed by atoms with Crippen LogP contribution in [0.5, 0.6) is 5.75 Å². The third-order valence-corrected chi connectivity index (χ3v) is 3.99. The Morgan fingerprint density at radius 2 is 1.76 bits per heavy atom. The summed E-state index contributed by atoms with van der Waals surface area (Å²) in [6, 6.07) is 14.6. The van der Waals surface area contributed by atoms with Gasteiger partial charge < -0.3 is 14.8 Å². The SMILES string of the molecule is COc1ccc(NC(=O)COC(=O)/C=C/c2ccc(SC)cc2)cc1. The molecule has 0 aliphatic heterocycles. The first kappa shape index (κ1) is 18.6. The summed E-state index contributed by atoms with van der Waals surface area (Å²) in [5.74, 6) is -0.282. The number of hydrogen-bond donors (Lipinski definition) is 1. The Morgan fingerprint density at radius 1 is 1.08 bits per heavy atom. The Bertz CT molecular complexity index is 739. The van der Waals surface area contributed by atoms with Gasteiger partial charge in [0.25, 0.3) is 5.91 Å². The summed E-state index contributed by atoms with van der Waals surface area (Å²) in [6.07, 6.45) is 4.95. The number of esters is 1. The van der Waals surface area contributed by atoms with Gasteiger partial charge in [0.2, 0.25) is 0 Å². The van der Waals surface area contributed by atoms with Crippen molar-refractivity contribution < 1.29 is 19.1 Å². The summed E-state index contributed by atoms with van der Waals surface area (Å²) in [5, 5.41) is 2.64. The number of ether oxygens (including phenoxy) is 2. The monoisotopic (exact) mass is 357 g/mol. The minimum Gasteiger partial charge on any atom is -0.497 e. The third kappa shape index (κ3) is 6.35. The van der Waals surface area contributed by atoms with Crippen molar-refractivity contribution in [3.05, 3.63) is 60.2 Å². The van der Waals surface area contributed by atoms with Crippen molar-refractivity contribution in [1.29, 1.82) is 0 Å². The summed E-state index contributed by atoms with van der Waals surface area (Å²) in [6.45, 7) is -0.347. The molecule has 2 rings (SSSR count). The molecule has 25 heavy (non-hydrogen) atoms. The number of thioether (sulfide) groups is 1. The van der Waals surface area contributed by atoms with Gasteiger partial charge in [-0.2, -0.15) is 0 Å². The lowest BCUT2D eigenvalue weighted by Gasteiger charge is -2.06. The van der Waals surface area contributed by atoms with Crippen molar-refractivity contribution in [2.45, 2.75) is 4.90 Å². The molecule has 0 aliphatic rings. The third-order valence-electron chi connectivity index (χ3n) is 3.25. The van der Waals surface area contributed by atoms with Crippen molar-refractivity contribution in [2.75, 3.05) is 25.3 Å². The van der Waals surface area contributed by atoms with Gasteiger partial charge in [0.15, 0.2) is 6.61 Å². The normalized spacial score (nSPS) is 10.5.